The molecule has 0 N–H and O–H groups in total. The number of rotatable bonds is 3. The Balaban J connectivity index is 1.30. The van der Waals surface area contributed by atoms with E-state index in [9.17, 15) is 0 Å². The summed E-state index contributed by atoms with van der Waals surface area (Å²) in [5.74, 6) is 0. The molecule has 0 spiro atoms. The van der Waals surface area contributed by atoms with Crippen molar-refractivity contribution >= 4 is 27.9 Å². The highest BCUT2D eigenvalue weighted by atomic mass is 15.3. The first-order chi connectivity index (χ1) is 15.8. The Morgan fingerprint density at radius 1 is 0.812 bits per heavy atom. The lowest BCUT2D eigenvalue weighted by Crippen LogP contribution is -2.46. The van der Waals surface area contributed by atoms with Crippen LogP contribution in [-0.4, -0.2) is 50.7 Å². The number of hydrogen-bond donors (Lipinski definition) is 0. The topological polar surface area (TPSA) is 62.5 Å². The Hall–Kier alpha value is -4.00. The predicted molar refractivity (Wildman–Crippen MR) is 127 cm³/mol. The average molecular weight is 422 g/mol. The minimum atomic E-state index is 0.861. The van der Waals surface area contributed by atoms with Crippen LogP contribution in [0.5, 0.6) is 0 Å². The van der Waals surface area contributed by atoms with Crippen LogP contribution in [0.4, 0.5) is 11.4 Å². The average Bonchev–Trinajstić information content (AvgIpc) is 3.27. The maximum absolute atomic E-state index is 4.82. The predicted octanol–water partition coefficient (Wildman–Crippen LogP) is 3.97. The minimum absolute atomic E-state index is 0.861. The van der Waals surface area contributed by atoms with E-state index in [1.165, 1.54) is 5.69 Å². The van der Waals surface area contributed by atoms with Crippen molar-refractivity contribution < 1.29 is 0 Å². The van der Waals surface area contributed by atoms with Crippen LogP contribution >= 0.6 is 0 Å². The molecule has 1 fully saturated rings. The van der Waals surface area contributed by atoms with Gasteiger partial charge in [0.1, 0.15) is 0 Å². The van der Waals surface area contributed by atoms with E-state index in [0.29, 0.717) is 0 Å². The monoisotopic (exact) mass is 421 g/mol. The molecule has 1 aliphatic rings. The van der Waals surface area contributed by atoms with Crippen LogP contribution in [0.15, 0.2) is 73.4 Å². The van der Waals surface area contributed by atoms with E-state index in [4.69, 9.17) is 4.98 Å². The SMILES string of the molecule is Cc1cc(-c2cnn3cc(N4CCN(c5ccncc5)CC4)cnc23)c2ccccc2n1. The molecule has 7 heteroatoms. The van der Waals surface area contributed by atoms with Crippen molar-refractivity contribution in [3.8, 4) is 11.1 Å². The Morgan fingerprint density at radius 3 is 2.38 bits per heavy atom. The molecular weight excluding hydrogens is 398 g/mol. The quantitative estimate of drug-likeness (QED) is 0.439. The number of para-hydroxylation sites is 1. The molecule has 5 aromatic rings. The second kappa shape index (κ2) is 7.60. The second-order valence-electron chi connectivity index (χ2n) is 8.15. The van der Waals surface area contributed by atoms with Crippen LogP contribution < -0.4 is 9.80 Å². The number of pyridine rings is 2. The Bertz CT molecular complexity index is 1400. The lowest BCUT2D eigenvalue weighted by molar-refractivity contribution is 0.650. The Morgan fingerprint density at radius 2 is 1.56 bits per heavy atom. The van der Waals surface area contributed by atoms with E-state index >= 15 is 0 Å². The number of nitrogens with zero attached hydrogens (tertiary/aromatic N) is 7. The molecule has 6 rings (SSSR count). The van der Waals surface area contributed by atoms with Crippen molar-refractivity contribution in [1.29, 1.82) is 0 Å². The first-order valence-corrected chi connectivity index (χ1v) is 10.9. The molecule has 1 aromatic carbocycles. The molecule has 0 saturated carbocycles. The summed E-state index contributed by atoms with van der Waals surface area (Å²) in [6.07, 6.45) is 9.67. The number of benzene rings is 1. The van der Waals surface area contributed by atoms with Gasteiger partial charge in [-0.2, -0.15) is 5.10 Å². The van der Waals surface area contributed by atoms with Gasteiger partial charge in [0.05, 0.1) is 29.8 Å². The Labute approximate surface area is 186 Å². The second-order valence-corrected chi connectivity index (χ2v) is 8.15. The first kappa shape index (κ1) is 18.7. The lowest BCUT2D eigenvalue weighted by Gasteiger charge is -2.37. The smallest absolute Gasteiger partial charge is 0.162 e. The number of aryl methyl sites for hydroxylation is 1. The maximum Gasteiger partial charge on any atom is 0.162 e. The van der Waals surface area contributed by atoms with Crippen LogP contribution in [0.1, 0.15) is 5.69 Å². The van der Waals surface area contributed by atoms with Crippen LogP contribution in [-0.2, 0) is 0 Å². The zero-order chi connectivity index (χ0) is 21.5. The highest BCUT2D eigenvalue weighted by Crippen LogP contribution is 2.31. The molecule has 0 amide bonds. The van der Waals surface area contributed by atoms with Gasteiger partial charge in [-0.25, -0.2) is 9.50 Å². The molecule has 0 radical (unpaired) electrons. The van der Waals surface area contributed by atoms with Gasteiger partial charge in [-0.3, -0.25) is 9.97 Å². The molecule has 1 saturated heterocycles. The van der Waals surface area contributed by atoms with Crippen molar-refractivity contribution in [3.05, 3.63) is 79.1 Å². The molecule has 7 nitrogen and oxygen atoms in total. The van der Waals surface area contributed by atoms with Gasteiger partial charge >= 0.3 is 0 Å². The van der Waals surface area contributed by atoms with E-state index in [1.807, 2.05) is 48.4 Å². The van der Waals surface area contributed by atoms with Gasteiger partial charge in [-0.05, 0) is 36.8 Å². The highest BCUT2D eigenvalue weighted by Gasteiger charge is 2.19. The minimum Gasteiger partial charge on any atom is -0.368 e. The number of anilines is 2. The highest BCUT2D eigenvalue weighted by molar-refractivity contribution is 5.98. The molecule has 0 aliphatic carbocycles. The van der Waals surface area contributed by atoms with Crippen molar-refractivity contribution in [3.63, 3.8) is 0 Å². The molecule has 0 atom stereocenters. The number of aromatic nitrogens is 5. The van der Waals surface area contributed by atoms with Gasteiger partial charge in [0.2, 0.25) is 0 Å². The summed E-state index contributed by atoms with van der Waals surface area (Å²) in [4.78, 5) is 18.4. The van der Waals surface area contributed by atoms with Crippen molar-refractivity contribution in [2.45, 2.75) is 6.92 Å². The van der Waals surface area contributed by atoms with Gasteiger partial charge < -0.3 is 9.80 Å². The van der Waals surface area contributed by atoms with E-state index in [-0.39, 0.29) is 0 Å². The zero-order valence-electron chi connectivity index (χ0n) is 17.9. The number of hydrogen-bond acceptors (Lipinski definition) is 6. The van der Waals surface area contributed by atoms with Crippen LogP contribution in [0, 0.1) is 6.92 Å². The first-order valence-electron chi connectivity index (χ1n) is 10.9. The van der Waals surface area contributed by atoms with Crippen molar-refractivity contribution in [2.75, 3.05) is 36.0 Å². The van der Waals surface area contributed by atoms with Gasteiger partial charge in [0, 0.05) is 60.9 Å². The standard InChI is InChI=1S/C25H23N7/c1-18-14-22(21-4-2-3-5-24(21)29-18)23-16-28-32-17-20(15-27-25(23)32)31-12-10-30(11-13-31)19-6-8-26-9-7-19/h2-9,14-17H,10-13H2,1H3. The molecule has 32 heavy (non-hydrogen) atoms. The molecule has 1 aliphatic heterocycles. The van der Waals surface area contributed by atoms with E-state index < -0.39 is 0 Å². The van der Waals surface area contributed by atoms with Crippen LogP contribution in [0.3, 0.4) is 0 Å². The summed E-state index contributed by atoms with van der Waals surface area (Å²) in [5.41, 5.74) is 7.31. The molecule has 0 unspecified atom stereocenters. The van der Waals surface area contributed by atoms with Crippen LogP contribution in [0.25, 0.3) is 27.7 Å². The molecule has 5 heterocycles. The number of piperazine rings is 1. The Kier molecular flexibility index (Phi) is 4.45. The van der Waals surface area contributed by atoms with Gasteiger partial charge in [0.25, 0.3) is 0 Å². The lowest BCUT2D eigenvalue weighted by atomic mass is 10.0. The zero-order valence-corrected chi connectivity index (χ0v) is 17.9. The summed E-state index contributed by atoms with van der Waals surface area (Å²) in [6, 6.07) is 14.5. The third-order valence-electron chi connectivity index (χ3n) is 6.15. The van der Waals surface area contributed by atoms with Gasteiger partial charge in [-0.1, -0.05) is 18.2 Å². The molecule has 158 valence electrons. The maximum atomic E-state index is 4.82. The summed E-state index contributed by atoms with van der Waals surface area (Å²) < 4.78 is 1.89. The van der Waals surface area contributed by atoms with E-state index in [0.717, 1.165) is 65.2 Å². The third kappa shape index (κ3) is 3.22. The fraction of sp³-hybridized carbons (Fsp3) is 0.200. The van der Waals surface area contributed by atoms with Gasteiger partial charge in [-0.15, -0.1) is 0 Å². The summed E-state index contributed by atoms with van der Waals surface area (Å²) in [7, 11) is 0. The van der Waals surface area contributed by atoms with Crippen LogP contribution in [0.2, 0.25) is 0 Å². The number of fused-ring (bicyclic) bond motifs is 2. The fourth-order valence-electron chi connectivity index (χ4n) is 4.53. The van der Waals surface area contributed by atoms with Crippen molar-refractivity contribution in [1.82, 2.24) is 24.6 Å². The van der Waals surface area contributed by atoms with Gasteiger partial charge in [0.15, 0.2) is 5.65 Å². The van der Waals surface area contributed by atoms with E-state index in [1.54, 1.807) is 0 Å². The third-order valence-corrected chi connectivity index (χ3v) is 6.15. The largest absolute Gasteiger partial charge is 0.368 e. The molecule has 0 bridgehead atoms. The normalized spacial score (nSPS) is 14.4. The molecular formula is C25H23N7. The summed E-state index contributed by atoms with van der Waals surface area (Å²) in [5, 5.41) is 5.76. The molecule has 4 aromatic heterocycles. The summed E-state index contributed by atoms with van der Waals surface area (Å²) in [6.45, 7) is 5.85. The summed E-state index contributed by atoms with van der Waals surface area (Å²) >= 11 is 0. The van der Waals surface area contributed by atoms with E-state index in [2.05, 4.69) is 61.4 Å². The fourth-order valence-corrected chi connectivity index (χ4v) is 4.53. The van der Waals surface area contributed by atoms with Crippen molar-refractivity contribution in [2.24, 2.45) is 0 Å².